The van der Waals surface area contributed by atoms with E-state index in [9.17, 15) is 18.0 Å². The first-order valence-corrected chi connectivity index (χ1v) is 10.3. The van der Waals surface area contributed by atoms with Crippen LogP contribution in [0.25, 0.3) is 0 Å². The molecular weight excluding hydrogens is 398 g/mol. The van der Waals surface area contributed by atoms with Gasteiger partial charge in [-0.2, -0.15) is 4.31 Å². The second-order valence-corrected chi connectivity index (χ2v) is 8.89. The smallest absolute Gasteiger partial charge is 0.347 e. The molecule has 3 rings (SSSR count). The lowest BCUT2D eigenvalue weighted by Gasteiger charge is -2.34. The van der Waals surface area contributed by atoms with Gasteiger partial charge in [-0.3, -0.25) is 0 Å². The van der Waals surface area contributed by atoms with Gasteiger partial charge in [-0.05, 0) is 32.0 Å². The molecule has 1 aromatic rings. The molecule has 0 saturated carbocycles. The van der Waals surface area contributed by atoms with E-state index in [0.717, 1.165) is 0 Å². The van der Waals surface area contributed by atoms with Crippen molar-refractivity contribution in [3.05, 3.63) is 28.8 Å². The molecule has 0 N–H and O–H groups in total. The van der Waals surface area contributed by atoms with Crippen LogP contribution in [0.2, 0.25) is 5.02 Å². The molecule has 0 amide bonds. The van der Waals surface area contributed by atoms with Crippen LogP contribution in [0, 0.1) is 0 Å². The molecule has 3 unspecified atom stereocenters. The molecule has 148 valence electrons. The summed E-state index contributed by atoms with van der Waals surface area (Å²) < 4.78 is 42.8. The first-order valence-electron chi connectivity index (χ1n) is 8.51. The second kappa shape index (κ2) is 7.75. The van der Waals surface area contributed by atoms with Gasteiger partial charge in [-0.25, -0.2) is 18.0 Å². The Kier molecular flexibility index (Phi) is 5.76. The minimum atomic E-state index is -3.93. The van der Waals surface area contributed by atoms with Crippen molar-refractivity contribution < 1.29 is 32.2 Å². The lowest BCUT2D eigenvalue weighted by molar-refractivity contribution is -0.145. The summed E-state index contributed by atoms with van der Waals surface area (Å²) in [5.74, 6) is -1.42. The number of morpholine rings is 1. The highest BCUT2D eigenvalue weighted by molar-refractivity contribution is 7.89. The SMILES string of the molecule is CC1CN(S(=O)(=O)c2cc(C(=O)OC3CCOC3=O)ccc2Cl)CC(C)O1. The topological polar surface area (TPSA) is 99.2 Å². The summed E-state index contributed by atoms with van der Waals surface area (Å²) in [6.45, 7) is 4.13. The fourth-order valence-corrected chi connectivity index (χ4v) is 5.17. The number of carbonyl (C=O) groups excluding carboxylic acids is 2. The standard InChI is InChI=1S/C17H20ClNO7S/c1-10-8-19(9-11(2)25-10)27(22,23)15-7-12(3-4-13(15)18)16(20)26-14-5-6-24-17(14)21/h3-4,7,10-11,14H,5-6,8-9H2,1-2H3. The monoisotopic (exact) mass is 417 g/mol. The lowest BCUT2D eigenvalue weighted by Crippen LogP contribution is -2.48. The summed E-state index contributed by atoms with van der Waals surface area (Å²) in [7, 11) is -3.93. The van der Waals surface area contributed by atoms with Crippen LogP contribution in [0.1, 0.15) is 30.6 Å². The van der Waals surface area contributed by atoms with Gasteiger partial charge >= 0.3 is 11.9 Å². The molecule has 8 nitrogen and oxygen atoms in total. The number of esters is 2. The highest BCUT2D eigenvalue weighted by Gasteiger charge is 2.35. The zero-order valence-electron chi connectivity index (χ0n) is 14.9. The maximum atomic E-state index is 13.0. The second-order valence-electron chi connectivity index (χ2n) is 6.57. The fraction of sp³-hybridized carbons (Fsp3) is 0.529. The molecule has 0 bridgehead atoms. The van der Waals surface area contributed by atoms with Gasteiger partial charge in [0.2, 0.25) is 16.1 Å². The number of benzene rings is 1. The van der Waals surface area contributed by atoms with E-state index in [0.29, 0.717) is 0 Å². The number of halogens is 1. The van der Waals surface area contributed by atoms with E-state index in [1.807, 2.05) is 0 Å². The number of cyclic esters (lactones) is 1. The van der Waals surface area contributed by atoms with Gasteiger partial charge in [0.15, 0.2) is 0 Å². The van der Waals surface area contributed by atoms with Crippen molar-refractivity contribution in [2.75, 3.05) is 19.7 Å². The summed E-state index contributed by atoms with van der Waals surface area (Å²) in [5, 5.41) is -0.00127. The fourth-order valence-electron chi connectivity index (χ4n) is 3.08. The summed E-state index contributed by atoms with van der Waals surface area (Å²) in [5.41, 5.74) is -0.00738. The Morgan fingerprint density at radius 1 is 1.26 bits per heavy atom. The van der Waals surface area contributed by atoms with Gasteiger partial charge in [0.25, 0.3) is 0 Å². The largest absolute Gasteiger partial charge is 0.463 e. The quantitative estimate of drug-likeness (QED) is 0.686. The molecule has 27 heavy (non-hydrogen) atoms. The Morgan fingerprint density at radius 2 is 1.93 bits per heavy atom. The molecule has 2 aliphatic rings. The van der Waals surface area contributed by atoms with Crippen LogP contribution in [-0.4, -0.2) is 62.7 Å². The molecule has 10 heteroatoms. The number of hydrogen-bond acceptors (Lipinski definition) is 7. The highest BCUT2D eigenvalue weighted by Crippen LogP contribution is 2.28. The van der Waals surface area contributed by atoms with Crippen LogP contribution in [-0.2, 0) is 29.0 Å². The molecule has 0 spiro atoms. The molecule has 1 aromatic carbocycles. The predicted octanol–water partition coefficient (Wildman–Crippen LogP) is 1.61. The third-order valence-corrected chi connectivity index (χ3v) is 6.62. The Morgan fingerprint density at radius 3 is 2.52 bits per heavy atom. The number of hydrogen-bond donors (Lipinski definition) is 0. The molecule has 2 aliphatic heterocycles. The Labute approximate surface area is 162 Å². The molecule has 2 heterocycles. The van der Waals surface area contributed by atoms with Crippen molar-refractivity contribution >= 4 is 33.6 Å². The minimum Gasteiger partial charge on any atom is -0.463 e. The van der Waals surface area contributed by atoms with E-state index in [1.54, 1.807) is 13.8 Å². The van der Waals surface area contributed by atoms with E-state index in [-0.39, 0.29) is 53.8 Å². The van der Waals surface area contributed by atoms with Crippen LogP contribution < -0.4 is 0 Å². The first-order chi connectivity index (χ1) is 12.7. The molecular formula is C17H20ClNO7S. The molecule has 0 aromatic heterocycles. The van der Waals surface area contributed by atoms with E-state index in [2.05, 4.69) is 0 Å². The number of sulfonamides is 1. The number of nitrogens with zero attached hydrogens (tertiary/aromatic N) is 1. The summed E-state index contributed by atoms with van der Waals surface area (Å²) in [4.78, 5) is 23.6. The van der Waals surface area contributed by atoms with Crippen LogP contribution in [0.3, 0.4) is 0 Å². The van der Waals surface area contributed by atoms with Gasteiger partial charge in [-0.15, -0.1) is 0 Å². The third kappa shape index (κ3) is 4.26. The molecule has 0 radical (unpaired) electrons. The van der Waals surface area contributed by atoms with Crippen LogP contribution in [0.5, 0.6) is 0 Å². The maximum absolute atomic E-state index is 13.0. The van der Waals surface area contributed by atoms with Gasteiger partial charge < -0.3 is 14.2 Å². The van der Waals surface area contributed by atoms with Crippen molar-refractivity contribution in [2.45, 2.75) is 43.5 Å². The van der Waals surface area contributed by atoms with Crippen molar-refractivity contribution in [1.29, 1.82) is 0 Å². The van der Waals surface area contributed by atoms with E-state index >= 15 is 0 Å². The van der Waals surface area contributed by atoms with Gasteiger partial charge in [0, 0.05) is 19.5 Å². The highest BCUT2D eigenvalue weighted by atomic mass is 35.5. The lowest BCUT2D eigenvalue weighted by atomic mass is 10.2. The number of ether oxygens (including phenoxy) is 3. The van der Waals surface area contributed by atoms with Crippen molar-refractivity contribution in [2.24, 2.45) is 0 Å². The third-order valence-electron chi connectivity index (χ3n) is 4.31. The average molecular weight is 418 g/mol. The zero-order chi connectivity index (χ0) is 19.8. The molecule has 2 fully saturated rings. The van der Waals surface area contributed by atoms with Crippen LogP contribution in [0.15, 0.2) is 23.1 Å². The van der Waals surface area contributed by atoms with Crippen LogP contribution >= 0.6 is 11.6 Å². The molecule has 2 saturated heterocycles. The Balaban J connectivity index is 1.86. The van der Waals surface area contributed by atoms with E-state index < -0.39 is 28.1 Å². The first kappa shape index (κ1) is 20.1. The Hall–Kier alpha value is -1.68. The van der Waals surface area contributed by atoms with Crippen LogP contribution in [0.4, 0.5) is 0 Å². The summed E-state index contributed by atoms with van der Waals surface area (Å²) in [6.07, 6.45) is -1.23. The zero-order valence-corrected chi connectivity index (χ0v) is 16.5. The normalized spacial score (nSPS) is 26.6. The Bertz CT molecular complexity index is 847. The van der Waals surface area contributed by atoms with E-state index in [1.165, 1.54) is 22.5 Å². The van der Waals surface area contributed by atoms with Crippen molar-refractivity contribution in [3.63, 3.8) is 0 Å². The average Bonchev–Trinajstić information content (AvgIpc) is 2.99. The summed E-state index contributed by atoms with van der Waals surface area (Å²) >= 11 is 6.11. The van der Waals surface area contributed by atoms with Crippen molar-refractivity contribution in [3.8, 4) is 0 Å². The number of rotatable bonds is 4. The maximum Gasteiger partial charge on any atom is 0.347 e. The summed E-state index contributed by atoms with van der Waals surface area (Å²) in [6, 6.07) is 3.85. The van der Waals surface area contributed by atoms with Crippen molar-refractivity contribution in [1.82, 2.24) is 4.31 Å². The van der Waals surface area contributed by atoms with Gasteiger partial charge in [-0.1, -0.05) is 11.6 Å². The van der Waals surface area contributed by atoms with Gasteiger partial charge in [0.05, 0.1) is 29.4 Å². The van der Waals surface area contributed by atoms with E-state index in [4.69, 9.17) is 25.8 Å². The van der Waals surface area contributed by atoms with Gasteiger partial charge in [0.1, 0.15) is 4.90 Å². The molecule has 3 atom stereocenters. The number of carbonyl (C=O) groups is 2. The minimum absolute atomic E-state index is 0.00127. The predicted molar refractivity (Wildman–Crippen MR) is 95.0 cm³/mol. The molecule has 0 aliphatic carbocycles.